The number of sulfone groups is 1. The Balaban J connectivity index is 0.00000441. The molecule has 1 rings (SSSR count). The van der Waals surface area contributed by atoms with E-state index in [1.165, 1.54) is 0 Å². The standard InChI is InChI=1S/C13H26N4O3S.HI/c1-3-7-15-13(14-4-2)16-8-5-12(18)17-11-6-9-21(19,20)10-11;/h11H,3-10H2,1-2H3,(H,17,18)(H2,14,15,16);1H. The Morgan fingerprint density at radius 2 is 2.00 bits per heavy atom. The predicted molar refractivity (Wildman–Crippen MR) is 99.5 cm³/mol. The van der Waals surface area contributed by atoms with Crippen LogP contribution in [0.4, 0.5) is 0 Å². The van der Waals surface area contributed by atoms with E-state index < -0.39 is 9.84 Å². The normalized spacial score (nSPS) is 20.1. The number of rotatable bonds is 7. The van der Waals surface area contributed by atoms with E-state index in [0.29, 0.717) is 25.3 Å². The van der Waals surface area contributed by atoms with E-state index in [4.69, 9.17) is 0 Å². The average Bonchev–Trinajstić information content (AvgIpc) is 2.75. The minimum absolute atomic E-state index is 0. The summed E-state index contributed by atoms with van der Waals surface area (Å²) in [5.74, 6) is 0.809. The maximum atomic E-state index is 11.8. The first-order chi connectivity index (χ1) is 9.96. The fraction of sp³-hybridized carbons (Fsp3) is 0.846. The van der Waals surface area contributed by atoms with Gasteiger partial charge in [0.15, 0.2) is 15.8 Å². The van der Waals surface area contributed by atoms with Crippen LogP contribution in [0.3, 0.4) is 0 Å². The first kappa shape index (κ1) is 21.4. The van der Waals surface area contributed by atoms with E-state index in [0.717, 1.165) is 19.5 Å². The summed E-state index contributed by atoms with van der Waals surface area (Å²) in [6, 6.07) is -0.232. The van der Waals surface area contributed by atoms with Gasteiger partial charge in [-0.25, -0.2) is 8.42 Å². The van der Waals surface area contributed by atoms with Crippen LogP contribution in [-0.2, 0) is 14.6 Å². The van der Waals surface area contributed by atoms with Crippen molar-refractivity contribution >= 4 is 45.7 Å². The van der Waals surface area contributed by atoms with Crippen LogP contribution in [0.25, 0.3) is 0 Å². The van der Waals surface area contributed by atoms with Crippen LogP contribution in [0.5, 0.6) is 0 Å². The number of carbonyl (C=O) groups excluding carboxylic acids is 1. The second kappa shape index (κ2) is 11.0. The Kier molecular flexibility index (Phi) is 10.7. The smallest absolute Gasteiger partial charge is 0.222 e. The molecule has 3 N–H and O–H groups in total. The quantitative estimate of drug-likeness (QED) is 0.296. The first-order valence-electron chi connectivity index (χ1n) is 7.48. The van der Waals surface area contributed by atoms with Crippen LogP contribution in [0.15, 0.2) is 4.99 Å². The van der Waals surface area contributed by atoms with Crippen molar-refractivity contribution in [1.29, 1.82) is 0 Å². The predicted octanol–water partition coefficient (Wildman–Crippen LogP) is 0.263. The van der Waals surface area contributed by atoms with Crippen molar-refractivity contribution in [2.45, 2.75) is 39.2 Å². The molecule has 0 saturated carbocycles. The SMILES string of the molecule is CCCN=C(NCC)NCCC(=O)NC1CCS(=O)(=O)C1.I. The summed E-state index contributed by atoms with van der Waals surface area (Å²) in [4.78, 5) is 16.1. The highest BCUT2D eigenvalue weighted by molar-refractivity contribution is 14.0. The minimum atomic E-state index is -2.95. The van der Waals surface area contributed by atoms with Gasteiger partial charge in [0.1, 0.15) is 0 Å². The lowest BCUT2D eigenvalue weighted by molar-refractivity contribution is -0.121. The number of guanidine groups is 1. The molecule has 1 aliphatic heterocycles. The number of amides is 1. The van der Waals surface area contributed by atoms with Crippen molar-refractivity contribution in [1.82, 2.24) is 16.0 Å². The molecule has 7 nitrogen and oxygen atoms in total. The molecule has 1 amide bonds. The highest BCUT2D eigenvalue weighted by Gasteiger charge is 2.28. The zero-order valence-electron chi connectivity index (χ0n) is 13.2. The van der Waals surface area contributed by atoms with Crippen LogP contribution in [0.1, 0.15) is 33.1 Å². The molecule has 0 aliphatic carbocycles. The maximum absolute atomic E-state index is 11.8. The van der Waals surface area contributed by atoms with Crippen LogP contribution in [0, 0.1) is 0 Å². The van der Waals surface area contributed by atoms with E-state index in [-0.39, 0.29) is 47.4 Å². The van der Waals surface area contributed by atoms with Crippen LogP contribution >= 0.6 is 24.0 Å². The molecule has 1 saturated heterocycles. The van der Waals surface area contributed by atoms with Crippen molar-refractivity contribution < 1.29 is 13.2 Å². The molecule has 1 unspecified atom stereocenters. The molecule has 130 valence electrons. The number of carbonyl (C=O) groups is 1. The van der Waals surface area contributed by atoms with E-state index in [9.17, 15) is 13.2 Å². The lowest BCUT2D eigenvalue weighted by Crippen LogP contribution is -2.41. The van der Waals surface area contributed by atoms with Gasteiger partial charge in [0.25, 0.3) is 0 Å². The molecule has 0 spiro atoms. The monoisotopic (exact) mass is 446 g/mol. The number of aliphatic imine (C=N–C) groups is 1. The van der Waals surface area contributed by atoms with Crippen molar-refractivity contribution in [3.8, 4) is 0 Å². The van der Waals surface area contributed by atoms with Crippen molar-refractivity contribution in [2.24, 2.45) is 4.99 Å². The zero-order valence-corrected chi connectivity index (χ0v) is 16.4. The fourth-order valence-corrected chi connectivity index (χ4v) is 3.74. The van der Waals surface area contributed by atoms with Gasteiger partial charge in [-0.1, -0.05) is 6.92 Å². The molecule has 0 aromatic heterocycles. The van der Waals surface area contributed by atoms with Crippen LogP contribution in [-0.4, -0.2) is 57.5 Å². The van der Waals surface area contributed by atoms with Crippen molar-refractivity contribution in [2.75, 3.05) is 31.1 Å². The minimum Gasteiger partial charge on any atom is -0.357 e. The van der Waals surface area contributed by atoms with Gasteiger partial charge in [-0.15, -0.1) is 24.0 Å². The van der Waals surface area contributed by atoms with Gasteiger partial charge in [-0.3, -0.25) is 9.79 Å². The third-order valence-corrected chi connectivity index (χ3v) is 4.85. The molecule has 22 heavy (non-hydrogen) atoms. The van der Waals surface area contributed by atoms with Gasteiger partial charge in [-0.05, 0) is 19.8 Å². The molecule has 1 heterocycles. The van der Waals surface area contributed by atoms with E-state index in [1.807, 2.05) is 6.92 Å². The summed E-state index contributed by atoms with van der Waals surface area (Å²) in [7, 11) is -2.95. The van der Waals surface area contributed by atoms with Crippen molar-refractivity contribution in [3.05, 3.63) is 0 Å². The van der Waals surface area contributed by atoms with E-state index in [2.05, 4.69) is 27.9 Å². The summed E-state index contributed by atoms with van der Waals surface area (Å²) in [5.41, 5.74) is 0. The van der Waals surface area contributed by atoms with E-state index >= 15 is 0 Å². The van der Waals surface area contributed by atoms with Crippen LogP contribution in [0.2, 0.25) is 0 Å². The lowest BCUT2D eigenvalue weighted by Gasteiger charge is -2.13. The number of halogens is 1. The molecule has 9 heteroatoms. The van der Waals surface area contributed by atoms with E-state index in [1.54, 1.807) is 0 Å². The zero-order chi connectivity index (χ0) is 15.7. The van der Waals surface area contributed by atoms with Gasteiger partial charge < -0.3 is 16.0 Å². The fourth-order valence-electron chi connectivity index (χ4n) is 2.07. The second-order valence-corrected chi connectivity index (χ2v) is 7.33. The highest BCUT2D eigenvalue weighted by Crippen LogP contribution is 2.11. The summed E-state index contributed by atoms with van der Waals surface area (Å²) >= 11 is 0. The lowest BCUT2D eigenvalue weighted by atomic mass is 10.2. The number of hydrogen-bond acceptors (Lipinski definition) is 4. The van der Waals surface area contributed by atoms with Gasteiger partial charge in [-0.2, -0.15) is 0 Å². The molecule has 0 bridgehead atoms. The van der Waals surface area contributed by atoms with Gasteiger partial charge in [0, 0.05) is 32.1 Å². The Morgan fingerprint density at radius 1 is 1.27 bits per heavy atom. The molecule has 0 aromatic rings. The van der Waals surface area contributed by atoms with Gasteiger partial charge >= 0.3 is 0 Å². The summed E-state index contributed by atoms with van der Waals surface area (Å²) in [6.07, 6.45) is 1.78. The van der Waals surface area contributed by atoms with Gasteiger partial charge in [0.2, 0.25) is 5.91 Å². The largest absolute Gasteiger partial charge is 0.357 e. The topological polar surface area (TPSA) is 99.7 Å². The summed E-state index contributed by atoms with van der Waals surface area (Å²) in [6.45, 7) is 6.01. The second-order valence-electron chi connectivity index (χ2n) is 5.10. The third-order valence-electron chi connectivity index (χ3n) is 3.08. The number of nitrogens with one attached hydrogen (secondary N) is 3. The first-order valence-corrected chi connectivity index (χ1v) is 9.31. The number of hydrogen-bond donors (Lipinski definition) is 3. The Hall–Kier alpha value is -0.580. The molecule has 1 aliphatic rings. The molecule has 1 atom stereocenters. The molecule has 0 radical (unpaired) electrons. The molecular formula is C13H27IN4O3S. The van der Waals surface area contributed by atoms with Crippen LogP contribution < -0.4 is 16.0 Å². The Bertz CT molecular complexity index is 468. The Labute approximate surface area is 150 Å². The third kappa shape index (κ3) is 8.76. The highest BCUT2D eigenvalue weighted by atomic mass is 127. The maximum Gasteiger partial charge on any atom is 0.222 e. The molecule has 1 fully saturated rings. The van der Waals surface area contributed by atoms with Crippen molar-refractivity contribution in [3.63, 3.8) is 0 Å². The number of nitrogens with zero attached hydrogens (tertiary/aromatic N) is 1. The van der Waals surface area contributed by atoms with Gasteiger partial charge in [0.05, 0.1) is 11.5 Å². The molecule has 0 aromatic carbocycles. The molecular weight excluding hydrogens is 419 g/mol. The summed E-state index contributed by atoms with van der Waals surface area (Å²) < 4.78 is 22.6. The summed E-state index contributed by atoms with van der Waals surface area (Å²) in [5, 5.41) is 8.96. The Morgan fingerprint density at radius 3 is 2.55 bits per heavy atom. The average molecular weight is 446 g/mol.